The van der Waals surface area contributed by atoms with E-state index < -0.39 is 37.2 Å². The van der Waals surface area contributed by atoms with Crippen LogP contribution in [-0.2, 0) is 36.4 Å². The molecule has 35 heavy (non-hydrogen) atoms. The Hall–Kier alpha value is -2.96. The van der Waals surface area contributed by atoms with Crippen molar-refractivity contribution in [3.63, 3.8) is 0 Å². The Balaban J connectivity index is 2.09. The summed E-state index contributed by atoms with van der Waals surface area (Å²) in [5, 5.41) is 5.38. The maximum absolute atomic E-state index is 13.2. The first-order valence-electron chi connectivity index (χ1n) is 11.6. The second-order valence-corrected chi connectivity index (χ2v) is 11.9. The largest absolute Gasteiger partial charge is 0.445 e. The number of benzene rings is 2. The smallest absolute Gasteiger partial charge is 0.408 e. The Morgan fingerprint density at radius 1 is 0.857 bits per heavy atom. The zero-order chi connectivity index (χ0) is 25.8. The van der Waals surface area contributed by atoms with Crippen molar-refractivity contribution >= 4 is 25.2 Å². The van der Waals surface area contributed by atoms with E-state index in [0.29, 0.717) is 6.42 Å². The number of alkyl carbamates (subject to hydrolysis) is 1. The second-order valence-electron chi connectivity index (χ2n) is 9.13. The van der Waals surface area contributed by atoms with Gasteiger partial charge in [0.15, 0.2) is 13.2 Å². The molecule has 0 aliphatic heterocycles. The van der Waals surface area contributed by atoms with Crippen LogP contribution in [0.4, 0.5) is 4.79 Å². The Morgan fingerprint density at radius 2 is 1.43 bits per heavy atom. The summed E-state index contributed by atoms with van der Waals surface area (Å²) in [7, 11) is -2.87. The van der Waals surface area contributed by atoms with E-state index in [0.717, 1.165) is 11.1 Å². The Labute approximate surface area is 207 Å². The molecule has 2 amide bonds. The van der Waals surface area contributed by atoms with E-state index in [2.05, 4.69) is 10.6 Å². The molecule has 0 aliphatic carbocycles. The molecule has 0 radical (unpaired) electrons. The van der Waals surface area contributed by atoms with Gasteiger partial charge in [-0.15, -0.1) is 0 Å². The van der Waals surface area contributed by atoms with Crippen LogP contribution in [0, 0.1) is 5.92 Å². The average molecular weight is 503 g/mol. The predicted molar refractivity (Wildman–Crippen MR) is 135 cm³/mol. The van der Waals surface area contributed by atoms with Crippen LogP contribution >= 0.6 is 7.37 Å². The summed E-state index contributed by atoms with van der Waals surface area (Å²) in [6.07, 6.45) is -0.130. The normalized spacial score (nSPS) is 13.1. The zero-order valence-corrected chi connectivity index (χ0v) is 21.6. The van der Waals surface area contributed by atoms with Gasteiger partial charge in [-0.25, -0.2) is 4.79 Å². The zero-order valence-electron chi connectivity index (χ0n) is 20.7. The number of ether oxygens (including phenoxy) is 1. The van der Waals surface area contributed by atoms with Gasteiger partial charge < -0.3 is 19.9 Å². The fourth-order valence-corrected chi connectivity index (χ4v) is 3.74. The first-order valence-corrected chi connectivity index (χ1v) is 14.1. The summed E-state index contributed by atoms with van der Waals surface area (Å²) in [6.45, 7) is 6.39. The number of ketones is 1. The molecule has 190 valence electrons. The lowest BCUT2D eigenvalue weighted by atomic mass is 10.00. The van der Waals surface area contributed by atoms with Gasteiger partial charge in [0.2, 0.25) is 5.91 Å². The summed E-state index contributed by atoms with van der Waals surface area (Å²) in [5.74, 6) is -0.806. The second kappa shape index (κ2) is 13.8. The molecule has 0 saturated carbocycles. The van der Waals surface area contributed by atoms with E-state index in [-0.39, 0.29) is 25.6 Å². The van der Waals surface area contributed by atoms with Gasteiger partial charge in [-0.3, -0.25) is 14.2 Å². The van der Waals surface area contributed by atoms with Gasteiger partial charge in [0, 0.05) is 13.3 Å². The van der Waals surface area contributed by atoms with Crippen LogP contribution in [0.3, 0.4) is 0 Å². The summed E-state index contributed by atoms with van der Waals surface area (Å²) in [6, 6.07) is 16.6. The van der Waals surface area contributed by atoms with Gasteiger partial charge in [-0.1, -0.05) is 74.5 Å². The molecule has 0 heterocycles. The average Bonchev–Trinajstić information content (AvgIpc) is 2.81. The van der Waals surface area contributed by atoms with Gasteiger partial charge in [-0.05, 0) is 29.9 Å². The van der Waals surface area contributed by atoms with E-state index in [1.807, 2.05) is 74.5 Å². The molecule has 0 unspecified atom stereocenters. The maximum atomic E-state index is 13.2. The number of nitrogens with one attached hydrogen (secondary N) is 2. The third-order valence-electron chi connectivity index (χ3n) is 5.03. The van der Waals surface area contributed by atoms with E-state index in [4.69, 9.17) is 9.26 Å². The molecule has 0 spiro atoms. The topological polar surface area (TPSA) is 111 Å². The maximum Gasteiger partial charge on any atom is 0.408 e. The summed E-state index contributed by atoms with van der Waals surface area (Å²) in [4.78, 5) is 38.5. The fourth-order valence-electron chi connectivity index (χ4n) is 3.30. The summed E-state index contributed by atoms with van der Waals surface area (Å²) >= 11 is 0. The quantitative estimate of drug-likeness (QED) is 0.398. The number of hydrogen-bond donors (Lipinski definition) is 2. The number of amides is 2. The first-order chi connectivity index (χ1) is 16.5. The van der Waals surface area contributed by atoms with Crippen LogP contribution in [0.2, 0.25) is 0 Å². The molecular formula is C26H35N2O6P. The SMILES string of the molecule is CC(C)C[C@H](NC(=O)OCc1ccccc1)C(=O)N[C@@H](Cc1ccccc1)C(=O)COP(C)(C)=O. The Bertz CT molecular complexity index is 1010. The third-order valence-corrected chi connectivity index (χ3v) is 5.78. The van der Waals surface area contributed by atoms with E-state index >= 15 is 0 Å². The highest BCUT2D eigenvalue weighted by molar-refractivity contribution is 7.57. The van der Waals surface area contributed by atoms with Crippen LogP contribution < -0.4 is 10.6 Å². The third kappa shape index (κ3) is 11.3. The molecule has 2 N–H and O–H groups in total. The lowest BCUT2D eigenvalue weighted by Crippen LogP contribution is -2.53. The highest BCUT2D eigenvalue weighted by Crippen LogP contribution is 2.36. The van der Waals surface area contributed by atoms with Crippen molar-refractivity contribution < 1.29 is 28.2 Å². The Morgan fingerprint density at radius 3 is 1.97 bits per heavy atom. The summed E-state index contributed by atoms with van der Waals surface area (Å²) in [5.41, 5.74) is 1.67. The molecule has 2 rings (SSSR count). The van der Waals surface area contributed by atoms with Crippen LogP contribution in [0.25, 0.3) is 0 Å². The van der Waals surface area contributed by atoms with Gasteiger partial charge in [-0.2, -0.15) is 0 Å². The minimum absolute atomic E-state index is 0.0727. The van der Waals surface area contributed by atoms with Crippen LogP contribution in [-0.4, -0.2) is 49.8 Å². The van der Waals surface area contributed by atoms with Crippen molar-refractivity contribution in [2.24, 2.45) is 5.92 Å². The van der Waals surface area contributed by atoms with Crippen molar-refractivity contribution in [2.45, 2.75) is 45.4 Å². The molecule has 8 nitrogen and oxygen atoms in total. The van der Waals surface area contributed by atoms with Crippen LogP contribution in [0.15, 0.2) is 60.7 Å². The highest BCUT2D eigenvalue weighted by atomic mass is 31.2. The molecule has 9 heteroatoms. The van der Waals surface area contributed by atoms with Crippen molar-refractivity contribution in [1.82, 2.24) is 10.6 Å². The van der Waals surface area contributed by atoms with Gasteiger partial charge in [0.25, 0.3) is 0 Å². The molecule has 2 atom stereocenters. The molecule has 2 aromatic rings. The van der Waals surface area contributed by atoms with Crippen molar-refractivity contribution in [1.29, 1.82) is 0 Å². The number of Topliss-reactive ketones (excluding diaryl/α,β-unsaturated/α-hetero) is 1. The number of carbonyl (C=O) groups is 3. The van der Waals surface area contributed by atoms with E-state index in [1.54, 1.807) is 0 Å². The van der Waals surface area contributed by atoms with Gasteiger partial charge in [0.05, 0.1) is 6.04 Å². The molecule has 0 saturated heterocycles. The number of carbonyl (C=O) groups excluding carboxylic acids is 3. The lowest BCUT2D eigenvalue weighted by Gasteiger charge is -2.24. The standard InChI is InChI=1S/C26H35N2O6P/c1-19(2)15-23(28-26(31)33-17-21-13-9-6-10-14-21)25(30)27-22(16-20-11-7-5-8-12-20)24(29)18-34-35(3,4)32/h5-14,19,22-23H,15-18H2,1-4H3,(H,27,30)(H,28,31)/t22-,23-/m0/s1. The van der Waals surface area contributed by atoms with Crippen molar-refractivity contribution in [3.8, 4) is 0 Å². The van der Waals surface area contributed by atoms with E-state index in [1.165, 1.54) is 13.3 Å². The van der Waals surface area contributed by atoms with Gasteiger partial charge >= 0.3 is 6.09 Å². The molecular weight excluding hydrogens is 467 g/mol. The number of rotatable bonds is 13. The van der Waals surface area contributed by atoms with Crippen molar-refractivity contribution in [3.05, 3.63) is 71.8 Å². The van der Waals surface area contributed by atoms with Crippen LogP contribution in [0.1, 0.15) is 31.4 Å². The van der Waals surface area contributed by atoms with Gasteiger partial charge in [0.1, 0.15) is 19.3 Å². The summed E-state index contributed by atoms with van der Waals surface area (Å²) < 4.78 is 22.4. The molecule has 0 fully saturated rings. The fraction of sp³-hybridized carbons (Fsp3) is 0.423. The monoisotopic (exact) mass is 502 g/mol. The van der Waals surface area contributed by atoms with Crippen molar-refractivity contribution in [2.75, 3.05) is 19.9 Å². The molecule has 0 bridgehead atoms. The predicted octanol–water partition coefficient (Wildman–Crippen LogP) is 4.18. The Kier molecular flexibility index (Phi) is 11.2. The molecule has 0 aliphatic rings. The lowest BCUT2D eigenvalue weighted by molar-refractivity contribution is -0.130. The molecule has 2 aromatic carbocycles. The highest BCUT2D eigenvalue weighted by Gasteiger charge is 2.28. The van der Waals surface area contributed by atoms with Crippen LogP contribution in [0.5, 0.6) is 0 Å². The minimum Gasteiger partial charge on any atom is -0.445 e. The molecule has 0 aromatic heterocycles. The van der Waals surface area contributed by atoms with E-state index in [9.17, 15) is 18.9 Å². The minimum atomic E-state index is -2.87. The first kappa shape index (κ1) is 28.3. The number of hydrogen-bond acceptors (Lipinski definition) is 6.